The molecule has 2 N–H and O–H groups in total. The van der Waals surface area contributed by atoms with Gasteiger partial charge in [-0.1, -0.05) is 22.8 Å². The number of aryl methyl sites for hydroxylation is 1. The lowest BCUT2D eigenvalue weighted by atomic mass is 9.98. The second kappa shape index (κ2) is 6.69. The summed E-state index contributed by atoms with van der Waals surface area (Å²) in [5, 5.41) is 17.3. The van der Waals surface area contributed by atoms with Crippen LogP contribution >= 0.6 is 11.6 Å². The molecule has 4 rings (SSSR count). The van der Waals surface area contributed by atoms with Gasteiger partial charge in [0.05, 0.1) is 29.1 Å². The Morgan fingerprint density at radius 1 is 1.25 bits per heavy atom. The molecule has 0 fully saturated rings. The highest BCUT2D eigenvalue weighted by Crippen LogP contribution is 2.42. The fourth-order valence-electron chi connectivity index (χ4n) is 3.08. The molecule has 1 aliphatic rings. The number of aliphatic hydroxyl groups excluding tert-OH is 1. The lowest BCUT2D eigenvalue weighted by molar-refractivity contribution is -0.110. The fraction of sp³-hybridized carbons (Fsp3) is 0.100. The van der Waals surface area contributed by atoms with Crippen molar-refractivity contribution in [3.05, 3.63) is 64.3 Å². The fourth-order valence-corrected chi connectivity index (χ4v) is 3.35. The van der Waals surface area contributed by atoms with Gasteiger partial charge < -0.3 is 19.7 Å². The molecule has 1 aliphatic heterocycles. The van der Waals surface area contributed by atoms with Crippen LogP contribution in [-0.4, -0.2) is 23.3 Å². The summed E-state index contributed by atoms with van der Waals surface area (Å²) in [5.74, 6) is -1.21. The lowest BCUT2D eigenvalue weighted by Crippen LogP contribution is -2.05. The smallest absolute Gasteiger partial charge is 0.260 e. The van der Waals surface area contributed by atoms with Crippen LogP contribution < -0.4 is 10.1 Å². The first-order valence-electron chi connectivity index (χ1n) is 8.25. The molecular weight excluding hydrogens is 387 g/mol. The molecule has 6 nitrogen and oxygen atoms in total. The standard InChI is InChI=1S/C20H14ClFN2O4/c1-9-5-17(28-24-9)19(25)18-12-7-11(13(21)8-15(12)23-20(18)26)10-3-4-16(27-2)14(22)6-10/h3-8,25H,1-2H3,(H,23,26). The van der Waals surface area contributed by atoms with E-state index in [4.69, 9.17) is 20.9 Å². The number of anilines is 1. The number of carbonyl (C=O) groups excluding carboxylic acids is 1. The van der Waals surface area contributed by atoms with Crippen molar-refractivity contribution in [3.8, 4) is 16.9 Å². The number of nitrogens with zero attached hydrogens (tertiary/aromatic N) is 1. The molecule has 28 heavy (non-hydrogen) atoms. The summed E-state index contributed by atoms with van der Waals surface area (Å²) in [6.07, 6.45) is 0. The van der Waals surface area contributed by atoms with E-state index in [1.807, 2.05) is 0 Å². The van der Waals surface area contributed by atoms with Crippen LogP contribution in [0.25, 0.3) is 22.5 Å². The van der Waals surface area contributed by atoms with Crippen LogP contribution in [0.4, 0.5) is 10.1 Å². The predicted octanol–water partition coefficient (Wildman–Crippen LogP) is 4.83. The van der Waals surface area contributed by atoms with Crippen LogP contribution in [0.15, 0.2) is 40.9 Å². The minimum atomic E-state index is -0.540. The lowest BCUT2D eigenvalue weighted by Gasteiger charge is -2.10. The molecule has 1 amide bonds. The third kappa shape index (κ3) is 2.90. The van der Waals surface area contributed by atoms with Gasteiger partial charge >= 0.3 is 0 Å². The van der Waals surface area contributed by atoms with Crippen LogP contribution in [-0.2, 0) is 4.79 Å². The SMILES string of the molecule is COc1ccc(-c2cc3c(cc2Cl)NC(=O)C3=C(O)c2cc(C)no2)cc1F. The minimum Gasteiger partial charge on any atom is -0.504 e. The maximum absolute atomic E-state index is 14.1. The van der Waals surface area contributed by atoms with Crippen LogP contribution in [0.3, 0.4) is 0 Å². The summed E-state index contributed by atoms with van der Waals surface area (Å²) in [7, 11) is 1.38. The Morgan fingerprint density at radius 2 is 2.04 bits per heavy atom. The van der Waals surface area contributed by atoms with E-state index in [2.05, 4.69) is 10.5 Å². The number of halogens is 2. The van der Waals surface area contributed by atoms with E-state index in [-0.39, 0.29) is 22.8 Å². The van der Waals surface area contributed by atoms with Crippen LogP contribution in [0, 0.1) is 12.7 Å². The van der Waals surface area contributed by atoms with Gasteiger partial charge in [0.25, 0.3) is 5.91 Å². The molecular formula is C20H14ClFN2O4. The van der Waals surface area contributed by atoms with Crippen molar-refractivity contribution < 1.29 is 23.6 Å². The molecule has 2 aromatic carbocycles. The summed E-state index contributed by atoms with van der Waals surface area (Å²) >= 11 is 6.35. The summed E-state index contributed by atoms with van der Waals surface area (Å²) in [4.78, 5) is 12.4. The monoisotopic (exact) mass is 400 g/mol. The average molecular weight is 401 g/mol. The Kier molecular flexibility index (Phi) is 4.31. The van der Waals surface area contributed by atoms with E-state index in [1.165, 1.54) is 25.3 Å². The van der Waals surface area contributed by atoms with Gasteiger partial charge in [-0.05, 0) is 36.8 Å². The number of carbonyl (C=O) groups is 1. The number of aliphatic hydroxyl groups is 1. The number of hydrogen-bond acceptors (Lipinski definition) is 5. The first-order chi connectivity index (χ1) is 13.4. The number of ether oxygens (including phenoxy) is 1. The highest BCUT2D eigenvalue weighted by Gasteiger charge is 2.31. The number of benzene rings is 2. The predicted molar refractivity (Wildman–Crippen MR) is 103 cm³/mol. The first kappa shape index (κ1) is 18.1. The van der Waals surface area contributed by atoms with Gasteiger partial charge in [0.15, 0.2) is 17.3 Å². The normalized spacial score (nSPS) is 14.6. The van der Waals surface area contributed by atoms with Crippen molar-refractivity contribution in [3.63, 3.8) is 0 Å². The van der Waals surface area contributed by atoms with Gasteiger partial charge in [-0.2, -0.15) is 0 Å². The number of nitrogens with one attached hydrogen (secondary N) is 1. The summed E-state index contributed by atoms with van der Waals surface area (Å²) in [6.45, 7) is 1.70. The molecule has 0 bridgehead atoms. The molecule has 3 aromatic rings. The number of hydrogen-bond donors (Lipinski definition) is 2. The Balaban J connectivity index is 1.88. The number of amides is 1. The van der Waals surface area contributed by atoms with E-state index in [0.717, 1.165) is 0 Å². The van der Waals surface area contributed by atoms with Gasteiger partial charge in [0.1, 0.15) is 0 Å². The molecule has 2 heterocycles. The first-order valence-corrected chi connectivity index (χ1v) is 8.63. The zero-order valence-electron chi connectivity index (χ0n) is 14.8. The van der Waals surface area contributed by atoms with E-state index in [0.29, 0.717) is 33.1 Å². The second-order valence-electron chi connectivity index (χ2n) is 6.24. The van der Waals surface area contributed by atoms with Crippen molar-refractivity contribution in [2.75, 3.05) is 12.4 Å². The molecule has 0 spiro atoms. The highest BCUT2D eigenvalue weighted by molar-refractivity contribution is 6.38. The van der Waals surface area contributed by atoms with Gasteiger partial charge in [0.2, 0.25) is 5.76 Å². The van der Waals surface area contributed by atoms with Crippen LogP contribution in [0.5, 0.6) is 5.75 Å². The van der Waals surface area contributed by atoms with Crippen molar-refractivity contribution in [1.29, 1.82) is 0 Å². The molecule has 1 aromatic heterocycles. The molecule has 0 unspecified atom stereocenters. The topological polar surface area (TPSA) is 84.6 Å². The van der Waals surface area contributed by atoms with Gasteiger partial charge in [-0.25, -0.2) is 4.39 Å². The van der Waals surface area contributed by atoms with Gasteiger partial charge in [-0.3, -0.25) is 4.79 Å². The quantitative estimate of drug-likeness (QED) is 0.486. The Morgan fingerprint density at radius 3 is 2.68 bits per heavy atom. The van der Waals surface area contributed by atoms with E-state index in [1.54, 1.807) is 25.1 Å². The van der Waals surface area contributed by atoms with Crippen molar-refractivity contribution in [2.24, 2.45) is 0 Å². The maximum atomic E-state index is 14.1. The summed E-state index contributed by atoms with van der Waals surface area (Å²) in [5.41, 5.74) is 2.44. The Bertz CT molecular complexity index is 1150. The average Bonchev–Trinajstić information content (AvgIpc) is 3.22. The van der Waals surface area contributed by atoms with Crippen molar-refractivity contribution >= 4 is 34.5 Å². The molecule has 0 aliphatic carbocycles. The molecule has 0 atom stereocenters. The number of rotatable bonds is 3. The van der Waals surface area contributed by atoms with Crippen molar-refractivity contribution in [1.82, 2.24) is 5.16 Å². The zero-order chi connectivity index (χ0) is 20.0. The summed E-state index contributed by atoms with van der Waals surface area (Å²) in [6, 6.07) is 9.12. The second-order valence-corrected chi connectivity index (χ2v) is 6.64. The Hall–Kier alpha value is -3.32. The minimum absolute atomic E-state index is 0.0260. The third-order valence-electron chi connectivity index (χ3n) is 4.41. The van der Waals surface area contributed by atoms with Crippen LogP contribution in [0.1, 0.15) is 17.0 Å². The van der Waals surface area contributed by atoms with E-state index >= 15 is 0 Å². The highest BCUT2D eigenvalue weighted by atomic mass is 35.5. The molecule has 0 saturated carbocycles. The van der Waals surface area contributed by atoms with Gasteiger partial charge in [0, 0.05) is 17.2 Å². The zero-order valence-corrected chi connectivity index (χ0v) is 15.6. The van der Waals surface area contributed by atoms with Crippen molar-refractivity contribution in [2.45, 2.75) is 6.92 Å². The van der Waals surface area contributed by atoms with Crippen LogP contribution in [0.2, 0.25) is 5.02 Å². The maximum Gasteiger partial charge on any atom is 0.260 e. The summed E-state index contributed by atoms with van der Waals surface area (Å²) < 4.78 is 24.1. The molecule has 8 heteroatoms. The van der Waals surface area contributed by atoms with E-state index in [9.17, 15) is 14.3 Å². The Labute approximate surface area is 164 Å². The third-order valence-corrected chi connectivity index (χ3v) is 4.73. The number of fused-ring (bicyclic) bond motifs is 1. The number of methoxy groups -OCH3 is 1. The largest absolute Gasteiger partial charge is 0.504 e. The molecule has 0 saturated heterocycles. The molecule has 0 radical (unpaired) electrons. The molecule has 142 valence electrons. The van der Waals surface area contributed by atoms with E-state index < -0.39 is 11.7 Å². The number of aromatic nitrogens is 1. The van der Waals surface area contributed by atoms with Gasteiger partial charge in [-0.15, -0.1) is 0 Å².